The van der Waals surface area contributed by atoms with Crippen molar-refractivity contribution in [2.24, 2.45) is 0 Å². The van der Waals surface area contributed by atoms with Gasteiger partial charge in [-0.3, -0.25) is 4.79 Å². The number of carbonyl (C=O) groups is 1. The van der Waals surface area contributed by atoms with Gasteiger partial charge in [0.05, 0.1) is 0 Å². The van der Waals surface area contributed by atoms with Crippen molar-refractivity contribution < 1.29 is 9.90 Å². The minimum Gasteiger partial charge on any atom is -0.480 e. The second kappa shape index (κ2) is 7.88. The van der Waals surface area contributed by atoms with Crippen molar-refractivity contribution in [1.29, 1.82) is 0 Å². The maximum Gasteiger partial charge on any atom is 0.320 e. The fraction of sp³-hybridized carbons (Fsp3) is 0.857. The summed E-state index contributed by atoms with van der Waals surface area (Å²) in [5.41, 5.74) is 0. The lowest BCUT2D eigenvalue weighted by atomic mass is 10.1. The summed E-state index contributed by atoms with van der Waals surface area (Å²) in [6.45, 7) is 2.05. The summed E-state index contributed by atoms with van der Waals surface area (Å²) in [6, 6.07) is -0.361. The molecule has 2 N–H and O–H groups in total. The minimum atomic E-state index is -0.754. The lowest BCUT2D eigenvalue weighted by molar-refractivity contribution is -0.139. The molecular formula is C7H17NO2S. The average Bonchev–Trinajstić information content (AvgIpc) is 1.89. The standard InChI is InChI=1S/C7H15NO2.H2S/c1-3-4-5-6(8-2)7(9)10;/h6,8H,3-5H2,1-2H3,(H,9,10);1H2/t6-;/m0./s1. The molecule has 0 amide bonds. The number of rotatable bonds is 5. The molecule has 0 radical (unpaired) electrons. The predicted molar refractivity (Wildman–Crippen MR) is 50.4 cm³/mol. The number of nitrogens with one attached hydrogen (secondary N) is 1. The van der Waals surface area contributed by atoms with Gasteiger partial charge in [-0.15, -0.1) is 0 Å². The van der Waals surface area contributed by atoms with Crippen molar-refractivity contribution in [2.75, 3.05) is 7.05 Å². The summed E-state index contributed by atoms with van der Waals surface area (Å²) in [5.74, 6) is -0.754. The molecule has 0 spiro atoms. The Morgan fingerprint density at radius 2 is 2.18 bits per heavy atom. The van der Waals surface area contributed by atoms with Gasteiger partial charge in [-0.2, -0.15) is 13.5 Å². The molecule has 0 heterocycles. The van der Waals surface area contributed by atoms with E-state index in [4.69, 9.17) is 5.11 Å². The van der Waals surface area contributed by atoms with Crippen LogP contribution in [0.25, 0.3) is 0 Å². The van der Waals surface area contributed by atoms with Gasteiger partial charge in [0.1, 0.15) is 6.04 Å². The van der Waals surface area contributed by atoms with Gasteiger partial charge in [-0.05, 0) is 13.5 Å². The fourth-order valence-corrected chi connectivity index (χ4v) is 0.800. The molecule has 1 atom stereocenters. The summed E-state index contributed by atoms with van der Waals surface area (Å²) in [5, 5.41) is 11.3. The molecule has 11 heavy (non-hydrogen) atoms. The van der Waals surface area contributed by atoms with E-state index in [1.54, 1.807) is 7.05 Å². The van der Waals surface area contributed by atoms with Crippen LogP contribution in [-0.2, 0) is 4.79 Å². The Hall–Kier alpha value is -0.220. The number of hydrogen-bond acceptors (Lipinski definition) is 2. The van der Waals surface area contributed by atoms with E-state index in [2.05, 4.69) is 12.2 Å². The normalized spacial score (nSPS) is 11.8. The highest BCUT2D eigenvalue weighted by Gasteiger charge is 2.12. The van der Waals surface area contributed by atoms with E-state index in [9.17, 15) is 4.79 Å². The van der Waals surface area contributed by atoms with E-state index in [0.29, 0.717) is 0 Å². The minimum absolute atomic E-state index is 0. The van der Waals surface area contributed by atoms with Gasteiger partial charge in [0.25, 0.3) is 0 Å². The molecule has 0 saturated carbocycles. The molecular weight excluding hydrogens is 162 g/mol. The Labute approximate surface area is 74.6 Å². The van der Waals surface area contributed by atoms with Crippen LogP contribution in [-0.4, -0.2) is 24.2 Å². The first-order valence-corrected chi connectivity index (χ1v) is 3.62. The fourth-order valence-electron chi connectivity index (χ4n) is 0.800. The molecule has 0 aliphatic rings. The van der Waals surface area contributed by atoms with Crippen molar-refractivity contribution in [3.63, 3.8) is 0 Å². The third kappa shape index (κ3) is 6.19. The van der Waals surface area contributed by atoms with Crippen LogP contribution < -0.4 is 5.32 Å². The van der Waals surface area contributed by atoms with Crippen molar-refractivity contribution in [3.8, 4) is 0 Å². The lowest BCUT2D eigenvalue weighted by Gasteiger charge is -2.08. The number of likely N-dealkylation sites (N-methyl/N-ethyl adjacent to an activating group) is 1. The van der Waals surface area contributed by atoms with Crippen LogP contribution in [0.2, 0.25) is 0 Å². The van der Waals surface area contributed by atoms with Crippen LogP contribution in [0.4, 0.5) is 0 Å². The van der Waals surface area contributed by atoms with Crippen LogP contribution in [0.1, 0.15) is 26.2 Å². The van der Waals surface area contributed by atoms with Crippen LogP contribution in [0.3, 0.4) is 0 Å². The Morgan fingerprint density at radius 3 is 2.45 bits per heavy atom. The van der Waals surface area contributed by atoms with Crippen molar-refractivity contribution in [3.05, 3.63) is 0 Å². The third-order valence-electron chi connectivity index (χ3n) is 1.49. The van der Waals surface area contributed by atoms with E-state index in [1.807, 2.05) is 0 Å². The highest BCUT2D eigenvalue weighted by molar-refractivity contribution is 7.59. The van der Waals surface area contributed by atoms with Crippen molar-refractivity contribution in [1.82, 2.24) is 5.32 Å². The quantitative estimate of drug-likeness (QED) is 0.661. The van der Waals surface area contributed by atoms with Gasteiger partial charge in [0, 0.05) is 0 Å². The number of unbranched alkanes of at least 4 members (excludes halogenated alkanes) is 1. The van der Waals surface area contributed by atoms with E-state index < -0.39 is 5.97 Å². The zero-order chi connectivity index (χ0) is 7.98. The first-order valence-electron chi connectivity index (χ1n) is 3.62. The van der Waals surface area contributed by atoms with Crippen LogP contribution in [0, 0.1) is 0 Å². The molecule has 0 aromatic heterocycles. The van der Waals surface area contributed by atoms with Crippen LogP contribution in [0.15, 0.2) is 0 Å². The van der Waals surface area contributed by atoms with Crippen LogP contribution in [0.5, 0.6) is 0 Å². The summed E-state index contributed by atoms with van der Waals surface area (Å²) in [6.07, 6.45) is 2.74. The molecule has 0 fully saturated rings. The molecule has 0 aromatic rings. The van der Waals surface area contributed by atoms with Gasteiger partial charge < -0.3 is 10.4 Å². The molecule has 4 heteroatoms. The third-order valence-corrected chi connectivity index (χ3v) is 1.49. The van der Waals surface area contributed by atoms with Gasteiger partial charge >= 0.3 is 5.97 Å². The predicted octanol–water partition coefficient (Wildman–Crippen LogP) is 0.962. The largest absolute Gasteiger partial charge is 0.480 e. The topological polar surface area (TPSA) is 49.3 Å². The Bertz CT molecular complexity index is 109. The number of carboxylic acid groups (broad SMARTS) is 1. The molecule has 68 valence electrons. The zero-order valence-electron chi connectivity index (χ0n) is 7.05. The van der Waals surface area contributed by atoms with Crippen molar-refractivity contribution in [2.45, 2.75) is 32.2 Å². The smallest absolute Gasteiger partial charge is 0.320 e. The Kier molecular flexibility index (Phi) is 9.58. The van der Waals surface area contributed by atoms with Crippen LogP contribution >= 0.6 is 13.5 Å². The molecule has 0 saturated heterocycles. The van der Waals surface area contributed by atoms with E-state index in [-0.39, 0.29) is 19.5 Å². The molecule has 0 bridgehead atoms. The molecule has 0 aliphatic heterocycles. The maximum atomic E-state index is 10.4. The maximum absolute atomic E-state index is 10.4. The number of aliphatic carboxylic acids is 1. The first kappa shape index (κ1) is 13.4. The molecule has 3 nitrogen and oxygen atoms in total. The average molecular weight is 179 g/mol. The lowest BCUT2D eigenvalue weighted by Crippen LogP contribution is -2.33. The van der Waals surface area contributed by atoms with Gasteiger partial charge in [-0.25, -0.2) is 0 Å². The summed E-state index contributed by atoms with van der Waals surface area (Å²) in [7, 11) is 1.68. The van der Waals surface area contributed by atoms with E-state index >= 15 is 0 Å². The first-order chi connectivity index (χ1) is 4.72. The number of carboxylic acids is 1. The van der Waals surface area contributed by atoms with Gasteiger partial charge in [0.15, 0.2) is 0 Å². The number of hydrogen-bond donors (Lipinski definition) is 2. The molecule has 0 rings (SSSR count). The summed E-state index contributed by atoms with van der Waals surface area (Å²) >= 11 is 0. The highest BCUT2D eigenvalue weighted by Crippen LogP contribution is 1.99. The Morgan fingerprint density at radius 1 is 1.64 bits per heavy atom. The van der Waals surface area contributed by atoms with Gasteiger partial charge in [-0.1, -0.05) is 19.8 Å². The molecule has 0 aromatic carbocycles. The van der Waals surface area contributed by atoms with Crippen molar-refractivity contribution >= 4 is 19.5 Å². The van der Waals surface area contributed by atoms with E-state index in [1.165, 1.54) is 0 Å². The SMILES string of the molecule is CCCC[C@H](NC)C(=O)O.S. The zero-order valence-corrected chi connectivity index (χ0v) is 8.05. The summed E-state index contributed by atoms with van der Waals surface area (Å²) < 4.78 is 0. The van der Waals surface area contributed by atoms with E-state index in [0.717, 1.165) is 19.3 Å². The summed E-state index contributed by atoms with van der Waals surface area (Å²) in [4.78, 5) is 10.4. The second-order valence-electron chi connectivity index (χ2n) is 2.32. The second-order valence-corrected chi connectivity index (χ2v) is 2.32. The molecule has 0 unspecified atom stereocenters. The highest BCUT2D eigenvalue weighted by atomic mass is 32.1. The molecule has 0 aliphatic carbocycles. The Balaban J connectivity index is 0. The monoisotopic (exact) mass is 179 g/mol. The van der Waals surface area contributed by atoms with Gasteiger partial charge in [0.2, 0.25) is 0 Å².